The van der Waals surface area contributed by atoms with E-state index in [1.165, 1.54) is 0 Å². The Balaban J connectivity index is 1.96. The van der Waals surface area contributed by atoms with Crippen molar-refractivity contribution in [2.75, 3.05) is 19.7 Å². The molecular formula is C17H25NO3. The third-order valence-corrected chi connectivity index (χ3v) is 3.89. The van der Waals surface area contributed by atoms with E-state index in [1.54, 1.807) is 17.0 Å². The molecule has 2 unspecified atom stereocenters. The normalized spacial score (nSPS) is 22.4. The second-order valence-electron chi connectivity index (χ2n) is 6.31. The molecule has 0 spiro atoms. The van der Waals surface area contributed by atoms with Crippen LogP contribution in [0.25, 0.3) is 0 Å². The molecule has 1 amide bonds. The molecule has 116 valence electrons. The average molecular weight is 291 g/mol. The summed E-state index contributed by atoms with van der Waals surface area (Å²) in [6.45, 7) is 8.02. The van der Waals surface area contributed by atoms with Gasteiger partial charge in [-0.25, -0.2) is 0 Å². The van der Waals surface area contributed by atoms with Crippen LogP contribution in [-0.4, -0.2) is 41.7 Å². The Bertz CT molecular complexity index is 469. The minimum atomic E-state index is -0.420. The van der Waals surface area contributed by atoms with Crippen LogP contribution < -0.4 is 4.74 Å². The number of aliphatic hydroxyl groups excluding tert-OH is 1. The highest BCUT2D eigenvalue weighted by Crippen LogP contribution is 2.20. The van der Waals surface area contributed by atoms with Crippen molar-refractivity contribution in [3.8, 4) is 5.75 Å². The molecule has 2 rings (SSSR count). The number of β-amino-alcohol motifs (C(OH)–C–C–N with tert-alkyl or cyclic N) is 1. The van der Waals surface area contributed by atoms with E-state index < -0.39 is 6.10 Å². The zero-order valence-electron chi connectivity index (χ0n) is 13.1. The molecule has 0 saturated carbocycles. The van der Waals surface area contributed by atoms with Gasteiger partial charge in [-0.15, -0.1) is 0 Å². The molecule has 2 atom stereocenters. The zero-order chi connectivity index (χ0) is 15.4. The standard InChI is InChI=1S/C17H25NO3/c1-12(2)11-21-15-6-4-14(5-7-15)17(20)18-9-8-13(3)16(19)10-18/h4-7,12-13,16,19H,8-11H2,1-3H3. The maximum atomic E-state index is 12.4. The van der Waals surface area contributed by atoms with Crippen molar-refractivity contribution in [3.63, 3.8) is 0 Å². The summed E-state index contributed by atoms with van der Waals surface area (Å²) in [6, 6.07) is 7.25. The van der Waals surface area contributed by atoms with Gasteiger partial charge in [0.2, 0.25) is 0 Å². The Morgan fingerprint density at radius 2 is 2.05 bits per heavy atom. The number of carbonyl (C=O) groups excluding carboxylic acids is 1. The highest BCUT2D eigenvalue weighted by atomic mass is 16.5. The van der Waals surface area contributed by atoms with Gasteiger partial charge in [-0.05, 0) is 42.5 Å². The Morgan fingerprint density at radius 1 is 1.38 bits per heavy atom. The smallest absolute Gasteiger partial charge is 0.253 e. The van der Waals surface area contributed by atoms with Crippen LogP contribution >= 0.6 is 0 Å². The molecule has 0 aliphatic carbocycles. The molecule has 4 nitrogen and oxygen atoms in total. The Kier molecular flexibility index (Phi) is 5.23. The molecule has 0 radical (unpaired) electrons. The molecule has 0 aromatic heterocycles. The van der Waals surface area contributed by atoms with Gasteiger partial charge < -0.3 is 14.7 Å². The number of carbonyl (C=O) groups is 1. The molecular weight excluding hydrogens is 266 g/mol. The first-order valence-corrected chi connectivity index (χ1v) is 7.67. The first-order chi connectivity index (χ1) is 9.97. The SMILES string of the molecule is CC(C)COc1ccc(C(=O)N2CCC(C)C(O)C2)cc1. The summed E-state index contributed by atoms with van der Waals surface area (Å²) in [7, 11) is 0. The second kappa shape index (κ2) is 6.94. The summed E-state index contributed by atoms with van der Waals surface area (Å²) in [4.78, 5) is 14.1. The zero-order valence-corrected chi connectivity index (χ0v) is 13.1. The van der Waals surface area contributed by atoms with E-state index in [0.29, 0.717) is 31.2 Å². The maximum Gasteiger partial charge on any atom is 0.253 e. The van der Waals surface area contributed by atoms with Gasteiger partial charge in [0.15, 0.2) is 0 Å². The lowest BCUT2D eigenvalue weighted by Crippen LogP contribution is -2.45. The van der Waals surface area contributed by atoms with E-state index in [2.05, 4.69) is 13.8 Å². The topological polar surface area (TPSA) is 49.8 Å². The van der Waals surface area contributed by atoms with Gasteiger partial charge in [0.25, 0.3) is 5.91 Å². The summed E-state index contributed by atoms with van der Waals surface area (Å²) in [5.41, 5.74) is 0.647. The number of benzene rings is 1. The number of rotatable bonds is 4. The van der Waals surface area contributed by atoms with Crippen molar-refractivity contribution in [1.82, 2.24) is 4.90 Å². The molecule has 1 aliphatic rings. The minimum absolute atomic E-state index is 0.0173. The van der Waals surface area contributed by atoms with Gasteiger partial charge in [0.05, 0.1) is 12.7 Å². The van der Waals surface area contributed by atoms with Crippen LogP contribution in [-0.2, 0) is 0 Å². The van der Waals surface area contributed by atoms with Crippen molar-refractivity contribution in [3.05, 3.63) is 29.8 Å². The van der Waals surface area contributed by atoms with E-state index in [4.69, 9.17) is 4.74 Å². The van der Waals surface area contributed by atoms with Crippen LogP contribution in [0.5, 0.6) is 5.75 Å². The fourth-order valence-electron chi connectivity index (χ4n) is 2.37. The molecule has 1 aromatic carbocycles. The lowest BCUT2D eigenvalue weighted by molar-refractivity contribution is 0.0248. The Labute approximate surface area is 126 Å². The number of hydrogen-bond acceptors (Lipinski definition) is 3. The monoisotopic (exact) mass is 291 g/mol. The predicted molar refractivity (Wildman–Crippen MR) is 82.5 cm³/mol. The first kappa shape index (κ1) is 15.8. The summed E-state index contributed by atoms with van der Waals surface area (Å²) in [5, 5.41) is 9.90. The van der Waals surface area contributed by atoms with E-state index in [-0.39, 0.29) is 11.8 Å². The van der Waals surface area contributed by atoms with Crippen LogP contribution in [0.2, 0.25) is 0 Å². The molecule has 0 bridgehead atoms. The van der Waals surface area contributed by atoms with Crippen molar-refractivity contribution < 1.29 is 14.6 Å². The molecule has 1 fully saturated rings. The van der Waals surface area contributed by atoms with Crippen molar-refractivity contribution in [2.45, 2.75) is 33.3 Å². The van der Waals surface area contributed by atoms with Gasteiger partial charge in [-0.2, -0.15) is 0 Å². The third kappa shape index (κ3) is 4.21. The van der Waals surface area contributed by atoms with Gasteiger partial charge in [-0.3, -0.25) is 4.79 Å². The van der Waals surface area contributed by atoms with E-state index in [9.17, 15) is 9.90 Å². The quantitative estimate of drug-likeness (QED) is 0.927. The van der Waals surface area contributed by atoms with E-state index in [0.717, 1.165) is 12.2 Å². The minimum Gasteiger partial charge on any atom is -0.493 e. The highest BCUT2D eigenvalue weighted by Gasteiger charge is 2.27. The van der Waals surface area contributed by atoms with E-state index >= 15 is 0 Å². The summed E-state index contributed by atoms with van der Waals surface area (Å²) in [6.07, 6.45) is 0.430. The number of ether oxygens (including phenoxy) is 1. The van der Waals surface area contributed by atoms with Gasteiger partial charge in [0.1, 0.15) is 5.75 Å². The Morgan fingerprint density at radius 3 is 2.62 bits per heavy atom. The predicted octanol–water partition coefficient (Wildman–Crippen LogP) is 2.56. The number of piperidine rings is 1. The fraction of sp³-hybridized carbons (Fsp3) is 0.588. The molecule has 4 heteroatoms. The second-order valence-corrected chi connectivity index (χ2v) is 6.31. The fourth-order valence-corrected chi connectivity index (χ4v) is 2.37. The van der Waals surface area contributed by atoms with Crippen molar-refractivity contribution >= 4 is 5.91 Å². The molecule has 1 heterocycles. The maximum absolute atomic E-state index is 12.4. The molecule has 1 N–H and O–H groups in total. The largest absolute Gasteiger partial charge is 0.493 e. The van der Waals surface area contributed by atoms with Crippen LogP contribution in [0.15, 0.2) is 24.3 Å². The van der Waals surface area contributed by atoms with Gasteiger partial charge in [-0.1, -0.05) is 20.8 Å². The van der Waals surface area contributed by atoms with Gasteiger partial charge in [0, 0.05) is 18.7 Å². The van der Waals surface area contributed by atoms with Crippen molar-refractivity contribution in [1.29, 1.82) is 0 Å². The molecule has 1 aliphatic heterocycles. The first-order valence-electron chi connectivity index (χ1n) is 7.67. The van der Waals surface area contributed by atoms with Crippen LogP contribution in [0.3, 0.4) is 0 Å². The summed E-state index contributed by atoms with van der Waals surface area (Å²) in [5.74, 6) is 1.51. The number of nitrogens with zero attached hydrogens (tertiary/aromatic N) is 1. The lowest BCUT2D eigenvalue weighted by Gasteiger charge is -2.34. The number of likely N-dealkylation sites (tertiary alicyclic amines) is 1. The number of amides is 1. The Hall–Kier alpha value is -1.55. The van der Waals surface area contributed by atoms with Crippen LogP contribution in [0.1, 0.15) is 37.6 Å². The van der Waals surface area contributed by atoms with Crippen molar-refractivity contribution in [2.24, 2.45) is 11.8 Å². The molecule has 21 heavy (non-hydrogen) atoms. The summed E-state index contributed by atoms with van der Waals surface area (Å²) >= 11 is 0. The highest BCUT2D eigenvalue weighted by molar-refractivity contribution is 5.94. The third-order valence-electron chi connectivity index (χ3n) is 3.89. The van der Waals surface area contributed by atoms with Crippen LogP contribution in [0, 0.1) is 11.8 Å². The average Bonchev–Trinajstić information content (AvgIpc) is 2.48. The lowest BCUT2D eigenvalue weighted by atomic mass is 9.95. The molecule has 1 saturated heterocycles. The summed E-state index contributed by atoms with van der Waals surface area (Å²) < 4.78 is 5.61. The van der Waals surface area contributed by atoms with Crippen LogP contribution in [0.4, 0.5) is 0 Å². The molecule has 1 aromatic rings. The number of aliphatic hydroxyl groups is 1. The number of hydrogen-bond donors (Lipinski definition) is 1. The van der Waals surface area contributed by atoms with E-state index in [1.807, 2.05) is 19.1 Å². The van der Waals surface area contributed by atoms with Gasteiger partial charge >= 0.3 is 0 Å².